The molecule has 1 fully saturated rings. The molecule has 3 aromatic heterocycles. The quantitative estimate of drug-likeness (QED) is 0.386. The Morgan fingerprint density at radius 3 is 2.40 bits per heavy atom. The van der Waals surface area contributed by atoms with Crippen molar-refractivity contribution in [3.63, 3.8) is 0 Å². The summed E-state index contributed by atoms with van der Waals surface area (Å²) in [7, 11) is 0. The first kappa shape index (κ1) is 23.4. The van der Waals surface area contributed by atoms with Crippen LogP contribution in [0.3, 0.4) is 0 Å². The van der Waals surface area contributed by atoms with E-state index in [9.17, 15) is 4.79 Å². The van der Waals surface area contributed by atoms with Crippen LogP contribution in [-0.2, 0) is 4.79 Å². The summed E-state index contributed by atoms with van der Waals surface area (Å²) in [5.74, 6) is 1.80. The Bertz CT molecular complexity index is 1280. The molecule has 0 atom stereocenters. The van der Waals surface area contributed by atoms with Gasteiger partial charge >= 0.3 is 0 Å². The van der Waals surface area contributed by atoms with E-state index in [0.717, 1.165) is 72.1 Å². The van der Waals surface area contributed by atoms with Gasteiger partial charge in [-0.1, -0.05) is 36.4 Å². The summed E-state index contributed by atoms with van der Waals surface area (Å²) in [5, 5.41) is 3.27. The maximum absolute atomic E-state index is 12.6. The number of anilines is 1. The molecule has 180 valence electrons. The second-order valence-electron chi connectivity index (χ2n) is 8.61. The van der Waals surface area contributed by atoms with Gasteiger partial charge < -0.3 is 9.80 Å². The molecule has 1 saturated heterocycles. The van der Waals surface area contributed by atoms with Crippen molar-refractivity contribution in [1.82, 2.24) is 24.8 Å². The third-order valence-corrected chi connectivity index (χ3v) is 7.41. The van der Waals surface area contributed by atoms with Crippen molar-refractivity contribution >= 4 is 33.3 Å². The van der Waals surface area contributed by atoms with E-state index >= 15 is 0 Å². The first-order chi connectivity index (χ1) is 17.2. The van der Waals surface area contributed by atoms with Crippen molar-refractivity contribution in [2.45, 2.75) is 13.8 Å². The zero-order chi connectivity index (χ0) is 24.2. The number of carbonyl (C=O) groups is 1. The Labute approximate surface area is 210 Å². The third kappa shape index (κ3) is 4.90. The van der Waals surface area contributed by atoms with Gasteiger partial charge in [-0.2, -0.15) is 0 Å². The van der Waals surface area contributed by atoms with Crippen molar-refractivity contribution in [2.75, 3.05) is 50.7 Å². The largest absolute Gasteiger partial charge is 0.353 e. The number of aromatic nitrogens is 3. The second-order valence-corrected chi connectivity index (χ2v) is 9.47. The van der Waals surface area contributed by atoms with E-state index in [0.29, 0.717) is 12.4 Å². The summed E-state index contributed by atoms with van der Waals surface area (Å²) in [6.07, 6.45) is 1.78. The first-order valence-electron chi connectivity index (χ1n) is 12.2. The number of likely N-dealkylation sites (N-methyl/N-ethyl adjacent to an activating group) is 1. The van der Waals surface area contributed by atoms with E-state index in [1.165, 1.54) is 0 Å². The van der Waals surface area contributed by atoms with Gasteiger partial charge in [-0.15, -0.1) is 11.3 Å². The maximum atomic E-state index is 12.6. The Morgan fingerprint density at radius 2 is 1.71 bits per heavy atom. The first-order valence-corrected chi connectivity index (χ1v) is 13.1. The van der Waals surface area contributed by atoms with Crippen LogP contribution in [0.25, 0.3) is 32.9 Å². The second kappa shape index (κ2) is 10.5. The van der Waals surface area contributed by atoms with Gasteiger partial charge in [0.15, 0.2) is 5.82 Å². The molecule has 1 aliphatic heterocycles. The lowest BCUT2D eigenvalue weighted by molar-refractivity contribution is -0.132. The van der Waals surface area contributed by atoms with Gasteiger partial charge in [-0.25, -0.2) is 9.97 Å². The van der Waals surface area contributed by atoms with Crippen molar-refractivity contribution in [3.05, 3.63) is 60.1 Å². The minimum absolute atomic E-state index is 0.203. The lowest BCUT2D eigenvalue weighted by Crippen LogP contribution is -2.50. The van der Waals surface area contributed by atoms with E-state index in [-0.39, 0.29) is 5.91 Å². The number of benzene rings is 1. The van der Waals surface area contributed by atoms with Gasteiger partial charge in [-0.05, 0) is 31.5 Å². The highest BCUT2D eigenvalue weighted by Crippen LogP contribution is 2.39. The Kier molecular flexibility index (Phi) is 7.01. The highest BCUT2D eigenvalue weighted by molar-refractivity contribution is 7.17. The molecule has 5 rings (SSSR count). The lowest BCUT2D eigenvalue weighted by Gasteiger charge is -2.36. The van der Waals surface area contributed by atoms with Crippen molar-refractivity contribution in [2.24, 2.45) is 0 Å². The minimum atomic E-state index is 0.203. The van der Waals surface area contributed by atoms with Crippen LogP contribution >= 0.6 is 11.3 Å². The Morgan fingerprint density at radius 1 is 0.971 bits per heavy atom. The maximum Gasteiger partial charge on any atom is 0.236 e. The lowest BCUT2D eigenvalue weighted by atomic mass is 10.1. The molecule has 4 heterocycles. The molecule has 0 N–H and O–H groups in total. The van der Waals surface area contributed by atoms with E-state index in [4.69, 9.17) is 9.97 Å². The van der Waals surface area contributed by atoms with Crippen molar-refractivity contribution < 1.29 is 4.79 Å². The molecule has 0 spiro atoms. The van der Waals surface area contributed by atoms with E-state index < -0.39 is 0 Å². The number of nitrogens with zero attached hydrogens (tertiary/aromatic N) is 6. The number of hydrogen-bond acceptors (Lipinski definition) is 7. The van der Waals surface area contributed by atoms with Gasteiger partial charge in [0.1, 0.15) is 16.3 Å². The average molecular weight is 487 g/mol. The minimum Gasteiger partial charge on any atom is -0.353 e. The Hall–Kier alpha value is -3.36. The monoisotopic (exact) mass is 486 g/mol. The molecule has 0 bridgehead atoms. The van der Waals surface area contributed by atoms with Gasteiger partial charge in [0, 0.05) is 56.4 Å². The van der Waals surface area contributed by atoms with Crippen LogP contribution in [0.5, 0.6) is 0 Å². The molecule has 7 nitrogen and oxygen atoms in total. The van der Waals surface area contributed by atoms with E-state index in [1.807, 2.05) is 43.0 Å². The molecule has 1 aromatic carbocycles. The zero-order valence-electron chi connectivity index (χ0n) is 20.2. The number of pyridine rings is 1. The molecule has 0 saturated carbocycles. The summed E-state index contributed by atoms with van der Waals surface area (Å²) in [4.78, 5) is 34.5. The highest BCUT2D eigenvalue weighted by atomic mass is 32.1. The number of hydrogen-bond donors (Lipinski definition) is 0. The van der Waals surface area contributed by atoms with Crippen LogP contribution in [0.2, 0.25) is 0 Å². The number of rotatable bonds is 7. The number of carbonyl (C=O) groups excluding carboxylic acids is 1. The summed E-state index contributed by atoms with van der Waals surface area (Å²) in [5.41, 5.74) is 3.10. The summed E-state index contributed by atoms with van der Waals surface area (Å²) >= 11 is 1.65. The van der Waals surface area contributed by atoms with Crippen molar-refractivity contribution in [3.8, 4) is 22.6 Å². The fourth-order valence-corrected chi connectivity index (χ4v) is 5.52. The summed E-state index contributed by atoms with van der Waals surface area (Å²) in [6.45, 7) is 9.31. The van der Waals surface area contributed by atoms with Gasteiger partial charge in [-0.3, -0.25) is 14.7 Å². The highest BCUT2D eigenvalue weighted by Gasteiger charge is 2.25. The van der Waals surface area contributed by atoms with Crippen molar-refractivity contribution in [1.29, 1.82) is 0 Å². The van der Waals surface area contributed by atoms with Crippen LogP contribution in [0.4, 0.5) is 5.82 Å². The van der Waals surface area contributed by atoms with Crippen LogP contribution in [0.1, 0.15) is 13.8 Å². The van der Waals surface area contributed by atoms with Gasteiger partial charge in [0.05, 0.1) is 11.9 Å². The van der Waals surface area contributed by atoms with E-state index in [1.54, 1.807) is 17.5 Å². The predicted octanol–water partition coefficient (Wildman–Crippen LogP) is 4.41. The third-order valence-electron chi connectivity index (χ3n) is 6.54. The molecule has 8 heteroatoms. The number of piperazine rings is 1. The molecular weight excluding hydrogens is 456 g/mol. The number of amides is 1. The van der Waals surface area contributed by atoms with Gasteiger partial charge in [0.2, 0.25) is 5.91 Å². The molecule has 1 aliphatic rings. The normalized spacial score (nSPS) is 14.4. The van der Waals surface area contributed by atoms with Crippen LogP contribution in [0.15, 0.2) is 60.1 Å². The van der Waals surface area contributed by atoms with Crippen LogP contribution < -0.4 is 4.90 Å². The summed E-state index contributed by atoms with van der Waals surface area (Å²) in [6, 6.07) is 16.2. The molecule has 0 aliphatic carbocycles. The molecule has 1 amide bonds. The van der Waals surface area contributed by atoms with E-state index in [2.05, 4.69) is 44.4 Å². The molecule has 4 aromatic rings. The molecular formula is C27H30N6OS. The summed E-state index contributed by atoms with van der Waals surface area (Å²) < 4.78 is 0. The Balaban J connectivity index is 1.47. The smallest absolute Gasteiger partial charge is 0.236 e. The fraction of sp³-hybridized carbons (Fsp3) is 0.333. The zero-order valence-corrected chi connectivity index (χ0v) is 21.0. The topological polar surface area (TPSA) is 65.5 Å². The number of fused-ring (bicyclic) bond motifs is 1. The molecule has 35 heavy (non-hydrogen) atoms. The SMILES string of the molecule is CCN(CC)C(=O)CN1CCN(c2nc(-c3ccccn3)nc3scc(-c4ccccc4)c23)CC1. The van der Waals surface area contributed by atoms with Crippen LogP contribution in [0, 0.1) is 0 Å². The standard InChI is InChI=1S/C27H30N6OS/c1-3-32(4-2)23(34)18-31-14-16-33(17-15-31)26-24-21(20-10-6-5-7-11-20)19-35-27(24)30-25(29-26)22-12-8-9-13-28-22/h5-13,19H,3-4,14-18H2,1-2H3. The molecule has 0 unspecified atom stereocenters. The predicted molar refractivity (Wildman–Crippen MR) is 143 cm³/mol. The number of thiophene rings is 1. The van der Waals surface area contributed by atoms with Crippen LogP contribution in [-0.4, -0.2) is 76.5 Å². The fourth-order valence-electron chi connectivity index (χ4n) is 4.58. The molecule has 0 radical (unpaired) electrons. The average Bonchev–Trinajstić information content (AvgIpc) is 3.35. The van der Waals surface area contributed by atoms with Gasteiger partial charge in [0.25, 0.3) is 0 Å².